The maximum absolute atomic E-state index is 9.23. The van der Waals surface area contributed by atoms with E-state index in [1.165, 1.54) is 4.90 Å². The first-order chi connectivity index (χ1) is 8.57. The van der Waals surface area contributed by atoms with Crippen LogP contribution >= 0.6 is 11.8 Å². The fraction of sp³-hybridized carbons (Fsp3) is 0.500. The van der Waals surface area contributed by atoms with Crippen LogP contribution in [0.15, 0.2) is 29.2 Å². The zero-order valence-corrected chi connectivity index (χ0v) is 11.5. The number of benzene rings is 1. The summed E-state index contributed by atoms with van der Waals surface area (Å²) < 4.78 is 5.14. The maximum Gasteiger partial charge on any atom is 0.123 e. The monoisotopic (exact) mass is 262 g/mol. The Labute approximate surface area is 112 Å². The van der Waals surface area contributed by atoms with Crippen molar-refractivity contribution in [2.24, 2.45) is 11.1 Å². The third-order valence-corrected chi connectivity index (χ3v) is 4.16. The first kappa shape index (κ1) is 13.4. The molecule has 4 heteroatoms. The van der Waals surface area contributed by atoms with Gasteiger partial charge in [0.1, 0.15) is 5.41 Å². The number of nitrogens with zero attached hydrogens (tertiary/aromatic N) is 1. The Morgan fingerprint density at radius 1 is 1.33 bits per heavy atom. The average molecular weight is 262 g/mol. The van der Waals surface area contributed by atoms with Gasteiger partial charge in [0.15, 0.2) is 0 Å². The molecule has 1 saturated heterocycles. The lowest BCUT2D eigenvalue weighted by atomic mass is 9.77. The van der Waals surface area contributed by atoms with Gasteiger partial charge in [-0.15, -0.1) is 11.8 Å². The van der Waals surface area contributed by atoms with Gasteiger partial charge >= 0.3 is 0 Å². The predicted octanol–water partition coefficient (Wildman–Crippen LogP) is 2.73. The minimum absolute atomic E-state index is 0.269. The topological polar surface area (TPSA) is 59.0 Å². The summed E-state index contributed by atoms with van der Waals surface area (Å²) >= 11 is 1.82. The van der Waals surface area contributed by atoms with Crippen LogP contribution in [0.2, 0.25) is 0 Å². The second kappa shape index (κ2) is 5.31. The Morgan fingerprint density at radius 2 is 1.94 bits per heavy atom. The Bertz CT molecular complexity index is 446. The first-order valence-corrected chi connectivity index (χ1v) is 6.96. The van der Waals surface area contributed by atoms with Crippen molar-refractivity contribution in [1.29, 1.82) is 5.26 Å². The summed E-state index contributed by atoms with van der Waals surface area (Å²) in [4.78, 5) is 1.23. The molecule has 1 aromatic carbocycles. The number of ether oxygens (including phenoxy) is 1. The summed E-state index contributed by atoms with van der Waals surface area (Å²) in [5.41, 5.74) is 6.66. The minimum Gasteiger partial charge on any atom is -0.378 e. The lowest BCUT2D eigenvalue weighted by Gasteiger charge is -2.39. The molecule has 1 aliphatic rings. The van der Waals surface area contributed by atoms with Gasteiger partial charge in [0.05, 0.1) is 25.3 Å². The van der Waals surface area contributed by atoms with Crippen molar-refractivity contribution < 1.29 is 4.74 Å². The molecule has 0 amide bonds. The van der Waals surface area contributed by atoms with E-state index < -0.39 is 5.41 Å². The summed E-state index contributed by atoms with van der Waals surface area (Å²) in [5.74, 6) is 0. The standard InChI is InChI=1S/C14H18N2OS/c1-10(2)18-12-5-3-11(4-6-12)13(16)14(7-15)8-17-9-14/h3-6,10,13H,8-9,16H2,1-2H3. The van der Waals surface area contributed by atoms with Crippen LogP contribution in [-0.2, 0) is 4.74 Å². The summed E-state index contributed by atoms with van der Waals surface area (Å²) in [6.07, 6.45) is 0. The highest BCUT2D eigenvalue weighted by Gasteiger charge is 2.45. The smallest absolute Gasteiger partial charge is 0.123 e. The van der Waals surface area contributed by atoms with Crippen LogP contribution in [-0.4, -0.2) is 18.5 Å². The molecule has 1 atom stereocenters. The van der Waals surface area contributed by atoms with Crippen LogP contribution in [0.5, 0.6) is 0 Å². The van der Waals surface area contributed by atoms with Crippen molar-refractivity contribution in [3.63, 3.8) is 0 Å². The molecule has 0 bridgehead atoms. The number of hydrogen-bond acceptors (Lipinski definition) is 4. The SMILES string of the molecule is CC(C)Sc1ccc(C(N)C2(C#N)COC2)cc1. The highest BCUT2D eigenvalue weighted by molar-refractivity contribution is 7.99. The molecule has 18 heavy (non-hydrogen) atoms. The first-order valence-electron chi connectivity index (χ1n) is 6.08. The van der Waals surface area contributed by atoms with Gasteiger partial charge in [0.2, 0.25) is 0 Å². The molecule has 1 fully saturated rings. The van der Waals surface area contributed by atoms with Crippen LogP contribution in [0, 0.1) is 16.7 Å². The summed E-state index contributed by atoms with van der Waals surface area (Å²) in [6.45, 7) is 5.21. The van der Waals surface area contributed by atoms with Gasteiger partial charge in [0, 0.05) is 10.1 Å². The number of nitriles is 1. The normalized spacial score (nSPS) is 19.1. The van der Waals surface area contributed by atoms with Crippen molar-refractivity contribution in [3.8, 4) is 6.07 Å². The molecule has 1 heterocycles. The van der Waals surface area contributed by atoms with Crippen molar-refractivity contribution in [2.75, 3.05) is 13.2 Å². The third kappa shape index (κ3) is 2.54. The van der Waals surface area contributed by atoms with Gasteiger partial charge in [-0.1, -0.05) is 26.0 Å². The summed E-state index contributed by atoms with van der Waals surface area (Å²) in [7, 11) is 0. The lowest BCUT2D eigenvalue weighted by molar-refractivity contribution is -0.0910. The maximum atomic E-state index is 9.23. The van der Waals surface area contributed by atoms with Gasteiger partial charge < -0.3 is 10.5 Å². The van der Waals surface area contributed by atoms with Crippen molar-refractivity contribution in [3.05, 3.63) is 29.8 Å². The van der Waals surface area contributed by atoms with E-state index in [1.807, 2.05) is 23.9 Å². The van der Waals surface area contributed by atoms with Crippen LogP contribution in [0.3, 0.4) is 0 Å². The molecular formula is C14H18N2OS. The molecule has 0 aliphatic carbocycles. The fourth-order valence-electron chi connectivity index (χ4n) is 1.98. The Hall–Kier alpha value is -1.02. The van der Waals surface area contributed by atoms with Gasteiger partial charge in [-0.2, -0.15) is 5.26 Å². The Morgan fingerprint density at radius 3 is 2.33 bits per heavy atom. The quantitative estimate of drug-likeness (QED) is 0.848. The lowest BCUT2D eigenvalue weighted by Crippen LogP contribution is -2.49. The minimum atomic E-state index is -0.535. The van der Waals surface area contributed by atoms with E-state index in [-0.39, 0.29) is 6.04 Å². The number of rotatable bonds is 4. The fourth-order valence-corrected chi connectivity index (χ4v) is 2.82. The van der Waals surface area contributed by atoms with E-state index >= 15 is 0 Å². The van der Waals surface area contributed by atoms with E-state index in [0.717, 1.165) is 5.56 Å². The summed E-state index contributed by atoms with van der Waals surface area (Å²) in [5, 5.41) is 9.79. The van der Waals surface area contributed by atoms with E-state index in [4.69, 9.17) is 10.5 Å². The van der Waals surface area contributed by atoms with Crippen LogP contribution in [0.25, 0.3) is 0 Å². The van der Waals surface area contributed by atoms with Gasteiger partial charge in [-0.25, -0.2) is 0 Å². The highest BCUT2D eigenvalue weighted by Crippen LogP contribution is 2.38. The van der Waals surface area contributed by atoms with Gasteiger partial charge in [-0.05, 0) is 17.7 Å². The molecule has 0 spiro atoms. The zero-order chi connectivity index (χ0) is 13.2. The molecule has 1 aliphatic heterocycles. The number of hydrogen-bond donors (Lipinski definition) is 1. The van der Waals surface area contributed by atoms with Crippen LogP contribution in [0.1, 0.15) is 25.5 Å². The second-order valence-corrected chi connectivity index (χ2v) is 6.62. The largest absolute Gasteiger partial charge is 0.378 e. The third-order valence-electron chi connectivity index (χ3n) is 3.15. The number of thioether (sulfide) groups is 1. The van der Waals surface area contributed by atoms with Crippen molar-refractivity contribution in [1.82, 2.24) is 0 Å². The molecule has 2 rings (SSSR count). The second-order valence-electron chi connectivity index (χ2n) is 4.97. The molecule has 0 radical (unpaired) electrons. The Balaban J connectivity index is 2.12. The van der Waals surface area contributed by atoms with E-state index in [0.29, 0.717) is 18.5 Å². The molecular weight excluding hydrogens is 244 g/mol. The highest BCUT2D eigenvalue weighted by atomic mass is 32.2. The van der Waals surface area contributed by atoms with Crippen LogP contribution < -0.4 is 5.73 Å². The molecule has 2 N–H and O–H groups in total. The van der Waals surface area contributed by atoms with E-state index in [2.05, 4.69) is 32.0 Å². The van der Waals surface area contributed by atoms with E-state index in [9.17, 15) is 5.26 Å². The molecule has 0 aromatic heterocycles. The van der Waals surface area contributed by atoms with Gasteiger partial charge in [-0.3, -0.25) is 0 Å². The molecule has 96 valence electrons. The molecule has 3 nitrogen and oxygen atoms in total. The van der Waals surface area contributed by atoms with E-state index in [1.54, 1.807) is 0 Å². The summed E-state index contributed by atoms with van der Waals surface area (Å²) in [6, 6.07) is 10.2. The van der Waals surface area contributed by atoms with Crippen LogP contribution in [0.4, 0.5) is 0 Å². The van der Waals surface area contributed by atoms with Gasteiger partial charge in [0.25, 0.3) is 0 Å². The number of nitrogens with two attached hydrogens (primary N) is 1. The van der Waals surface area contributed by atoms with Crippen molar-refractivity contribution in [2.45, 2.75) is 30.0 Å². The average Bonchev–Trinajstić information content (AvgIpc) is 2.28. The van der Waals surface area contributed by atoms with Crippen molar-refractivity contribution >= 4 is 11.8 Å². The zero-order valence-electron chi connectivity index (χ0n) is 10.7. The Kier molecular flexibility index (Phi) is 3.96. The molecule has 1 aromatic rings. The molecule has 1 unspecified atom stereocenters. The molecule has 0 saturated carbocycles. The predicted molar refractivity (Wildman–Crippen MR) is 73.2 cm³/mol.